The van der Waals surface area contributed by atoms with Crippen molar-refractivity contribution in [2.24, 2.45) is 23.0 Å². The van der Waals surface area contributed by atoms with Crippen molar-refractivity contribution in [2.75, 3.05) is 6.54 Å². The van der Waals surface area contributed by atoms with Crippen LogP contribution in [0.3, 0.4) is 0 Å². The van der Waals surface area contributed by atoms with E-state index in [9.17, 15) is 5.11 Å². The molecule has 2 nitrogen and oxygen atoms in total. The van der Waals surface area contributed by atoms with Crippen LogP contribution >= 0.6 is 12.4 Å². The molecule has 3 N–H and O–H groups in total. The normalized spacial score (nSPS) is 49.1. The molecule has 0 aromatic heterocycles. The summed E-state index contributed by atoms with van der Waals surface area (Å²) >= 11 is 0. The van der Waals surface area contributed by atoms with Crippen LogP contribution in [0.4, 0.5) is 0 Å². The third kappa shape index (κ3) is 2.00. The molecule has 2 atom stereocenters. The summed E-state index contributed by atoms with van der Waals surface area (Å²) in [6.07, 6.45) is 9.83. The molecule has 0 aromatic carbocycles. The van der Waals surface area contributed by atoms with Crippen LogP contribution in [0, 0.1) is 17.3 Å². The van der Waals surface area contributed by atoms with Gasteiger partial charge in [0, 0.05) is 0 Å². The minimum absolute atomic E-state index is 0. The molecule has 4 bridgehead atoms. The van der Waals surface area contributed by atoms with E-state index < -0.39 is 0 Å². The molecular formula is C13H24ClNO. The maximum Gasteiger partial charge on any atom is 0.0658 e. The lowest BCUT2D eigenvalue weighted by Crippen LogP contribution is -2.55. The van der Waals surface area contributed by atoms with Gasteiger partial charge in [-0.2, -0.15) is 0 Å². The average Bonchev–Trinajstić information content (AvgIpc) is 2.10. The van der Waals surface area contributed by atoms with Gasteiger partial charge in [-0.1, -0.05) is 0 Å². The fourth-order valence-electron chi connectivity index (χ4n) is 5.17. The zero-order valence-corrected chi connectivity index (χ0v) is 10.8. The molecule has 3 heteroatoms. The number of halogens is 1. The third-order valence-corrected chi connectivity index (χ3v) is 5.06. The molecule has 0 aromatic rings. The summed E-state index contributed by atoms with van der Waals surface area (Å²) in [5.74, 6) is 1.66. The summed E-state index contributed by atoms with van der Waals surface area (Å²) in [4.78, 5) is 0. The highest BCUT2D eigenvalue weighted by atomic mass is 35.5. The standard InChI is InChI=1S/C13H23NO.ClH/c14-3-1-2-12-5-10-4-11(6-12)8-13(15,7-10)9-12;/h10-11,15H,1-9,14H2;1H. The zero-order chi connectivity index (χ0) is 10.5. The minimum atomic E-state index is -0.279. The van der Waals surface area contributed by atoms with Gasteiger partial charge in [0.15, 0.2) is 0 Å². The second-order valence-electron chi connectivity index (χ2n) is 6.58. The second kappa shape index (κ2) is 4.15. The van der Waals surface area contributed by atoms with E-state index >= 15 is 0 Å². The third-order valence-electron chi connectivity index (χ3n) is 5.06. The molecule has 4 rings (SSSR count). The predicted octanol–water partition coefficient (Wildman–Crippen LogP) is 2.48. The summed E-state index contributed by atoms with van der Waals surface area (Å²) in [6, 6.07) is 0. The Balaban J connectivity index is 0.000000963. The molecule has 0 spiro atoms. The maximum absolute atomic E-state index is 10.5. The van der Waals surface area contributed by atoms with E-state index in [0.717, 1.165) is 44.1 Å². The fraction of sp³-hybridized carbons (Fsp3) is 1.00. The van der Waals surface area contributed by atoms with E-state index in [2.05, 4.69) is 0 Å². The molecule has 4 saturated carbocycles. The highest BCUT2D eigenvalue weighted by Gasteiger charge is 2.56. The van der Waals surface area contributed by atoms with Gasteiger partial charge in [-0.25, -0.2) is 0 Å². The Morgan fingerprint density at radius 3 is 2.25 bits per heavy atom. The zero-order valence-electron chi connectivity index (χ0n) is 9.95. The molecule has 0 heterocycles. The summed E-state index contributed by atoms with van der Waals surface area (Å²) < 4.78 is 0. The van der Waals surface area contributed by atoms with Crippen molar-refractivity contribution in [3.8, 4) is 0 Å². The van der Waals surface area contributed by atoms with Crippen molar-refractivity contribution < 1.29 is 5.11 Å². The number of aliphatic hydroxyl groups is 1. The average molecular weight is 246 g/mol. The van der Waals surface area contributed by atoms with Crippen LogP contribution in [0.25, 0.3) is 0 Å². The first-order valence-electron chi connectivity index (χ1n) is 6.56. The lowest BCUT2D eigenvalue weighted by molar-refractivity contribution is -0.165. The van der Waals surface area contributed by atoms with Crippen LogP contribution in [0.2, 0.25) is 0 Å². The Hall–Kier alpha value is 0.210. The molecule has 4 fully saturated rings. The van der Waals surface area contributed by atoms with Gasteiger partial charge in [0.05, 0.1) is 5.60 Å². The van der Waals surface area contributed by atoms with E-state index in [1.165, 1.54) is 25.7 Å². The lowest BCUT2D eigenvalue weighted by Gasteiger charge is -2.60. The summed E-state index contributed by atoms with van der Waals surface area (Å²) in [5.41, 5.74) is 5.83. The molecule has 94 valence electrons. The number of hydrogen-bond acceptors (Lipinski definition) is 2. The van der Waals surface area contributed by atoms with E-state index in [1.807, 2.05) is 0 Å². The number of rotatable bonds is 3. The predicted molar refractivity (Wildman–Crippen MR) is 67.6 cm³/mol. The lowest BCUT2D eigenvalue weighted by atomic mass is 9.47. The SMILES string of the molecule is Cl.NCCCC12CC3CC(CC(O)(C3)C1)C2. The van der Waals surface area contributed by atoms with Crippen molar-refractivity contribution in [3.05, 3.63) is 0 Å². The number of nitrogens with two attached hydrogens (primary N) is 1. The number of hydrogen-bond donors (Lipinski definition) is 2. The monoisotopic (exact) mass is 245 g/mol. The summed E-state index contributed by atoms with van der Waals surface area (Å²) in [5, 5.41) is 10.5. The van der Waals surface area contributed by atoms with Crippen molar-refractivity contribution in [2.45, 2.75) is 57.0 Å². The molecule has 0 radical (unpaired) electrons. The van der Waals surface area contributed by atoms with Crippen LogP contribution in [0.1, 0.15) is 51.4 Å². The van der Waals surface area contributed by atoms with Crippen molar-refractivity contribution in [3.63, 3.8) is 0 Å². The van der Waals surface area contributed by atoms with E-state index in [1.54, 1.807) is 0 Å². The van der Waals surface area contributed by atoms with Gasteiger partial charge >= 0.3 is 0 Å². The topological polar surface area (TPSA) is 46.2 Å². The van der Waals surface area contributed by atoms with Gasteiger partial charge in [-0.15, -0.1) is 12.4 Å². The Kier molecular flexibility index (Phi) is 3.28. The fourth-order valence-corrected chi connectivity index (χ4v) is 5.17. The first kappa shape index (κ1) is 12.7. The molecule has 4 aliphatic carbocycles. The molecular weight excluding hydrogens is 222 g/mol. The van der Waals surface area contributed by atoms with Gasteiger partial charge < -0.3 is 10.8 Å². The highest BCUT2D eigenvalue weighted by Crippen LogP contribution is 2.62. The molecule has 0 amide bonds. The second-order valence-corrected chi connectivity index (χ2v) is 6.58. The minimum Gasteiger partial charge on any atom is -0.390 e. The van der Waals surface area contributed by atoms with Crippen LogP contribution in [0.5, 0.6) is 0 Å². The molecule has 0 saturated heterocycles. The molecule has 2 unspecified atom stereocenters. The van der Waals surface area contributed by atoms with Gasteiger partial charge in [-0.3, -0.25) is 0 Å². The molecule has 16 heavy (non-hydrogen) atoms. The van der Waals surface area contributed by atoms with Gasteiger partial charge in [-0.05, 0) is 75.2 Å². The Morgan fingerprint density at radius 1 is 1.12 bits per heavy atom. The molecule has 4 aliphatic rings. The first-order valence-corrected chi connectivity index (χ1v) is 6.56. The smallest absolute Gasteiger partial charge is 0.0658 e. The van der Waals surface area contributed by atoms with Crippen molar-refractivity contribution >= 4 is 12.4 Å². The summed E-state index contributed by atoms with van der Waals surface area (Å²) in [6.45, 7) is 0.815. The largest absolute Gasteiger partial charge is 0.390 e. The van der Waals surface area contributed by atoms with Crippen molar-refractivity contribution in [1.82, 2.24) is 0 Å². The van der Waals surface area contributed by atoms with Crippen molar-refractivity contribution in [1.29, 1.82) is 0 Å². The Bertz CT molecular complexity index is 255. The quantitative estimate of drug-likeness (QED) is 0.803. The Morgan fingerprint density at radius 2 is 1.75 bits per heavy atom. The van der Waals surface area contributed by atoms with E-state index in [-0.39, 0.29) is 18.0 Å². The van der Waals surface area contributed by atoms with E-state index in [4.69, 9.17) is 5.73 Å². The van der Waals surface area contributed by atoms with Crippen LogP contribution < -0.4 is 5.73 Å². The van der Waals surface area contributed by atoms with Crippen LogP contribution in [-0.4, -0.2) is 17.3 Å². The van der Waals surface area contributed by atoms with Gasteiger partial charge in [0.1, 0.15) is 0 Å². The first-order chi connectivity index (χ1) is 7.13. The molecule has 0 aliphatic heterocycles. The van der Waals surface area contributed by atoms with Gasteiger partial charge in [0.2, 0.25) is 0 Å². The maximum atomic E-state index is 10.5. The summed E-state index contributed by atoms with van der Waals surface area (Å²) in [7, 11) is 0. The van der Waals surface area contributed by atoms with Crippen LogP contribution in [-0.2, 0) is 0 Å². The van der Waals surface area contributed by atoms with E-state index in [0.29, 0.717) is 5.41 Å². The highest BCUT2D eigenvalue weighted by molar-refractivity contribution is 5.85. The van der Waals surface area contributed by atoms with Crippen LogP contribution in [0.15, 0.2) is 0 Å². The Labute approximate surface area is 104 Å². The van der Waals surface area contributed by atoms with Gasteiger partial charge in [0.25, 0.3) is 0 Å².